The average molecular weight is 425 g/mol. The molecule has 0 saturated carbocycles. The maximum atomic E-state index is 13.2. The molecule has 31 heavy (non-hydrogen) atoms. The van der Waals surface area contributed by atoms with Gasteiger partial charge in [-0.2, -0.15) is 0 Å². The molecule has 3 rings (SSSR count). The molecular formula is C25H32N2O4. The largest absolute Gasteiger partial charge is 0.454 e. The molecule has 0 radical (unpaired) electrons. The van der Waals surface area contributed by atoms with Gasteiger partial charge in [0.2, 0.25) is 18.6 Å². The number of benzene rings is 2. The quantitative estimate of drug-likeness (QED) is 0.631. The number of hydrogen-bond acceptors (Lipinski definition) is 4. The van der Waals surface area contributed by atoms with Crippen LogP contribution in [0.15, 0.2) is 48.5 Å². The van der Waals surface area contributed by atoms with Crippen LogP contribution in [0, 0.1) is 0 Å². The van der Waals surface area contributed by atoms with E-state index >= 15 is 0 Å². The van der Waals surface area contributed by atoms with Gasteiger partial charge in [0.1, 0.15) is 6.04 Å². The van der Waals surface area contributed by atoms with E-state index < -0.39 is 6.04 Å². The highest BCUT2D eigenvalue weighted by Crippen LogP contribution is 2.32. The first kappa shape index (κ1) is 22.7. The van der Waals surface area contributed by atoms with Gasteiger partial charge in [0.25, 0.3) is 0 Å². The van der Waals surface area contributed by atoms with Crippen molar-refractivity contribution in [3.05, 3.63) is 59.7 Å². The van der Waals surface area contributed by atoms with Gasteiger partial charge in [-0.05, 0) is 56.4 Å². The highest BCUT2D eigenvalue weighted by molar-refractivity contribution is 5.87. The Labute approximate surface area is 184 Å². The summed E-state index contributed by atoms with van der Waals surface area (Å²) in [6, 6.07) is 15.3. The lowest BCUT2D eigenvalue weighted by atomic mass is 10.1. The van der Waals surface area contributed by atoms with E-state index in [2.05, 4.69) is 5.32 Å². The highest BCUT2D eigenvalue weighted by Gasteiger charge is 2.26. The maximum Gasteiger partial charge on any atom is 0.242 e. The zero-order valence-electron chi connectivity index (χ0n) is 18.6. The molecule has 2 aromatic carbocycles. The molecule has 0 fully saturated rings. The van der Waals surface area contributed by atoms with Gasteiger partial charge >= 0.3 is 0 Å². The van der Waals surface area contributed by atoms with Crippen LogP contribution in [0.4, 0.5) is 0 Å². The van der Waals surface area contributed by atoms with Gasteiger partial charge in [-0.3, -0.25) is 9.59 Å². The molecule has 6 nitrogen and oxygen atoms in total. The van der Waals surface area contributed by atoms with Gasteiger partial charge in [-0.15, -0.1) is 0 Å². The van der Waals surface area contributed by atoms with Crippen molar-refractivity contribution >= 4 is 11.8 Å². The summed E-state index contributed by atoms with van der Waals surface area (Å²) in [5.74, 6) is 1.31. The van der Waals surface area contributed by atoms with Crippen LogP contribution in [0.5, 0.6) is 11.5 Å². The standard InChI is InChI=1S/C25H32N2O4/c1-4-18(2)26-25(29)19(3)27(15-14-20-8-6-5-7-9-20)24(28)13-11-21-10-12-22-23(16-21)31-17-30-22/h5-10,12,16,18-19H,4,11,13-15,17H2,1-3H3,(H,26,29)/t18-,19+/m1/s1. The van der Waals surface area contributed by atoms with Crippen LogP contribution in [0.1, 0.15) is 44.7 Å². The first-order valence-corrected chi connectivity index (χ1v) is 11.0. The molecule has 1 N–H and O–H groups in total. The van der Waals surface area contributed by atoms with Gasteiger partial charge in [0.05, 0.1) is 0 Å². The number of carbonyl (C=O) groups excluding carboxylic acids is 2. The van der Waals surface area contributed by atoms with E-state index in [1.54, 1.807) is 11.8 Å². The number of nitrogens with one attached hydrogen (secondary N) is 1. The monoisotopic (exact) mass is 424 g/mol. The molecule has 0 bridgehead atoms. The van der Waals surface area contributed by atoms with Crippen molar-refractivity contribution in [1.82, 2.24) is 10.2 Å². The molecule has 0 aromatic heterocycles. The van der Waals surface area contributed by atoms with Crippen LogP contribution >= 0.6 is 0 Å². The van der Waals surface area contributed by atoms with Crippen LogP contribution < -0.4 is 14.8 Å². The minimum atomic E-state index is -0.526. The number of rotatable bonds is 10. The van der Waals surface area contributed by atoms with E-state index in [-0.39, 0.29) is 24.6 Å². The van der Waals surface area contributed by atoms with Crippen molar-refractivity contribution in [3.63, 3.8) is 0 Å². The van der Waals surface area contributed by atoms with E-state index in [0.29, 0.717) is 31.6 Å². The molecule has 2 atom stereocenters. The van der Waals surface area contributed by atoms with Crippen LogP contribution in [0.3, 0.4) is 0 Å². The molecule has 1 aliphatic heterocycles. The summed E-state index contributed by atoms with van der Waals surface area (Å²) in [6.07, 6.45) is 2.46. The molecule has 2 aromatic rings. The van der Waals surface area contributed by atoms with E-state index in [1.165, 1.54) is 0 Å². The zero-order chi connectivity index (χ0) is 22.2. The number of amides is 2. The minimum Gasteiger partial charge on any atom is -0.454 e. The summed E-state index contributed by atoms with van der Waals surface area (Å²) in [7, 11) is 0. The Hall–Kier alpha value is -3.02. The molecule has 2 amide bonds. The highest BCUT2D eigenvalue weighted by atomic mass is 16.7. The summed E-state index contributed by atoms with van der Waals surface area (Å²) >= 11 is 0. The second-order valence-corrected chi connectivity index (χ2v) is 8.00. The zero-order valence-corrected chi connectivity index (χ0v) is 18.6. The second-order valence-electron chi connectivity index (χ2n) is 8.00. The fraction of sp³-hybridized carbons (Fsp3) is 0.440. The molecule has 0 spiro atoms. The fourth-order valence-corrected chi connectivity index (χ4v) is 3.53. The number of hydrogen-bond donors (Lipinski definition) is 1. The lowest BCUT2D eigenvalue weighted by Crippen LogP contribution is -2.50. The van der Waals surface area contributed by atoms with Crippen molar-refractivity contribution in [2.24, 2.45) is 0 Å². The first-order chi connectivity index (χ1) is 15.0. The minimum absolute atomic E-state index is 0.0274. The van der Waals surface area contributed by atoms with Crippen molar-refractivity contribution < 1.29 is 19.1 Å². The van der Waals surface area contributed by atoms with Crippen molar-refractivity contribution in [1.29, 1.82) is 0 Å². The van der Waals surface area contributed by atoms with Crippen LogP contribution in [0.2, 0.25) is 0 Å². The third-order valence-electron chi connectivity index (χ3n) is 5.72. The lowest BCUT2D eigenvalue weighted by Gasteiger charge is -2.29. The predicted octanol–water partition coefficient (Wildman–Crippen LogP) is 3.72. The van der Waals surface area contributed by atoms with Gasteiger partial charge in [-0.25, -0.2) is 0 Å². The Balaban J connectivity index is 1.66. The summed E-state index contributed by atoms with van der Waals surface area (Å²) in [5, 5.41) is 3.00. The fourth-order valence-electron chi connectivity index (χ4n) is 3.53. The molecular weight excluding hydrogens is 392 g/mol. The maximum absolute atomic E-state index is 13.2. The molecule has 166 valence electrons. The molecule has 1 aliphatic rings. The average Bonchev–Trinajstić information content (AvgIpc) is 3.26. The topological polar surface area (TPSA) is 67.9 Å². The Morgan fingerprint density at radius 3 is 2.48 bits per heavy atom. The molecule has 0 saturated heterocycles. The van der Waals surface area contributed by atoms with E-state index in [0.717, 1.165) is 23.3 Å². The summed E-state index contributed by atoms with van der Waals surface area (Å²) in [6.45, 7) is 6.54. The van der Waals surface area contributed by atoms with Crippen LogP contribution in [0.25, 0.3) is 0 Å². The van der Waals surface area contributed by atoms with Crippen molar-refractivity contribution in [2.75, 3.05) is 13.3 Å². The number of fused-ring (bicyclic) bond motifs is 1. The summed E-state index contributed by atoms with van der Waals surface area (Å²) < 4.78 is 10.8. The Bertz CT molecular complexity index is 884. The summed E-state index contributed by atoms with van der Waals surface area (Å²) in [4.78, 5) is 27.6. The van der Waals surface area contributed by atoms with Crippen molar-refractivity contribution in [3.8, 4) is 11.5 Å². The lowest BCUT2D eigenvalue weighted by molar-refractivity contribution is -0.140. The van der Waals surface area contributed by atoms with Gasteiger partial charge in [-0.1, -0.05) is 43.3 Å². The van der Waals surface area contributed by atoms with E-state index in [9.17, 15) is 9.59 Å². The van der Waals surface area contributed by atoms with E-state index in [1.807, 2.05) is 62.4 Å². The van der Waals surface area contributed by atoms with Crippen LogP contribution in [-0.4, -0.2) is 42.1 Å². The Morgan fingerprint density at radius 1 is 1.00 bits per heavy atom. The number of carbonyl (C=O) groups is 2. The number of ether oxygens (including phenoxy) is 2. The smallest absolute Gasteiger partial charge is 0.242 e. The molecule has 0 aliphatic carbocycles. The third-order valence-corrected chi connectivity index (χ3v) is 5.72. The Kier molecular flexibility index (Phi) is 7.93. The Morgan fingerprint density at radius 2 is 1.74 bits per heavy atom. The predicted molar refractivity (Wildman–Crippen MR) is 120 cm³/mol. The molecule has 6 heteroatoms. The van der Waals surface area contributed by atoms with Gasteiger partial charge in [0.15, 0.2) is 11.5 Å². The summed E-state index contributed by atoms with van der Waals surface area (Å²) in [5.41, 5.74) is 2.16. The van der Waals surface area contributed by atoms with Gasteiger partial charge in [0, 0.05) is 19.0 Å². The third kappa shape index (κ3) is 6.23. The SMILES string of the molecule is CC[C@@H](C)NC(=O)[C@H](C)N(CCc1ccccc1)C(=O)CCc1ccc2c(c1)OCO2. The molecule has 1 heterocycles. The first-order valence-electron chi connectivity index (χ1n) is 11.0. The van der Waals surface area contributed by atoms with Gasteiger partial charge < -0.3 is 19.7 Å². The second kappa shape index (κ2) is 10.8. The number of nitrogens with zero attached hydrogens (tertiary/aromatic N) is 1. The van der Waals surface area contributed by atoms with E-state index in [4.69, 9.17) is 9.47 Å². The normalized spacial score (nSPS) is 14.0. The van der Waals surface area contributed by atoms with Crippen molar-refractivity contribution in [2.45, 2.75) is 58.5 Å². The van der Waals surface area contributed by atoms with Crippen LogP contribution in [-0.2, 0) is 22.4 Å². The number of aryl methyl sites for hydroxylation is 1. The molecule has 0 unspecified atom stereocenters.